The molecule has 0 rings (SSSR count). The Morgan fingerprint density at radius 3 is 1.00 bits per heavy atom. The van der Waals surface area contributed by atoms with Gasteiger partial charge in [0.2, 0.25) is 0 Å². The predicted octanol–water partition coefficient (Wildman–Crippen LogP) is 2.07. The third-order valence-electron chi connectivity index (χ3n) is 0. The molecular formula is Cl3ErHoTmYYb. The van der Waals surface area contributed by atoms with Gasteiger partial charge in [0.25, 0.3) is 0 Å². The van der Waals surface area contributed by atoms with Gasteiger partial charge >= 0.3 is 46.6 Å². The van der Waals surface area contributed by atoms with Crippen LogP contribution in [-0.2, 0) is 32.7 Å². The molecule has 0 aromatic rings. The Bertz CT molecular complexity index is 24.0. The van der Waals surface area contributed by atoms with E-state index in [-0.39, 0.29) is 154 Å². The fraction of sp³-hybridized carbons (Fsp3) is 0. The molecule has 0 spiro atoms. The van der Waals surface area contributed by atoms with E-state index in [1.54, 1.807) is 0 Å². The van der Waals surface area contributed by atoms with E-state index in [1.165, 1.54) is 0 Å². The van der Waals surface area contributed by atoms with Crippen molar-refractivity contribution >= 4 is 19.2 Å². The molecule has 0 heterocycles. The van der Waals surface area contributed by atoms with Gasteiger partial charge in [0.1, 0.15) is 0 Å². The molecule has 0 aromatic heterocycles. The molecule has 0 aliphatic carbocycles. The fourth-order valence-electron chi connectivity index (χ4n) is 0. The molecule has 0 N–H and O–H groups in total. The molecule has 0 aliphatic heterocycles. The summed E-state index contributed by atoms with van der Waals surface area (Å²) in [6, 6.07) is 0. The normalized spacial score (nSPS) is 5.62. The molecule has 0 saturated carbocycles. The molecule has 8 heavy (non-hydrogen) atoms. The predicted molar refractivity (Wildman–Crippen MR) is 17.6 cm³/mol. The molecule has 0 nitrogen and oxygen atoms in total. The van der Waals surface area contributed by atoms with Crippen molar-refractivity contribution in [1.82, 2.24) is 0 Å². The summed E-state index contributed by atoms with van der Waals surface area (Å²) in [5, 5.41) is 0. The van der Waals surface area contributed by atoms with Gasteiger partial charge in [-0.3, -0.25) is 0 Å². The fourth-order valence-corrected chi connectivity index (χ4v) is 0. The Morgan fingerprint density at radius 1 is 1.00 bits per heavy atom. The van der Waals surface area contributed by atoms with Crippen LogP contribution in [0.15, 0.2) is 0 Å². The van der Waals surface area contributed by atoms with Gasteiger partial charge in [-0.05, 0) is 0 Å². The number of hydrogen-bond donors (Lipinski definition) is 0. The van der Waals surface area contributed by atoms with E-state index in [2.05, 4.69) is 0 Å². The van der Waals surface area contributed by atoms with E-state index in [0.717, 1.165) is 0 Å². The van der Waals surface area contributed by atoms with E-state index >= 15 is 0 Å². The Kier molecular flexibility index (Phi) is 87.7. The van der Waals surface area contributed by atoms with Crippen molar-refractivity contribution in [3.05, 3.63) is 0 Å². The van der Waals surface area contributed by atoms with Gasteiger partial charge in [0.05, 0.1) is 0 Å². The summed E-state index contributed by atoms with van der Waals surface area (Å²) < 4.78 is 0. The first kappa shape index (κ1) is 29.5. The topological polar surface area (TPSA) is 0 Å². The van der Waals surface area contributed by atoms with E-state index in [0.29, 0.717) is 0 Å². The van der Waals surface area contributed by atoms with Gasteiger partial charge in [0.15, 0.2) is 0 Å². The molecule has 8 heteroatoms. The second kappa shape index (κ2) is 23.8. The van der Waals surface area contributed by atoms with Crippen molar-refractivity contribution in [2.75, 3.05) is 0 Å². The van der Waals surface area contributed by atoms with Crippen LogP contribution in [0.5, 0.6) is 0 Å². The Balaban J connectivity index is -0.00000000750. The molecule has 0 amide bonds. The van der Waals surface area contributed by atoms with Crippen LogP contribution in [0.3, 0.4) is 0 Å². The SMILES string of the molecule is [Cl][Ho]([Cl])[Cl].[Er].[Tm].[Y].[Yb]. The summed E-state index contributed by atoms with van der Waals surface area (Å²) >= 11 is -1.79. The van der Waals surface area contributed by atoms with Gasteiger partial charge < -0.3 is 0 Å². The van der Waals surface area contributed by atoms with E-state index < -0.39 is 27.4 Å². The largest absolute Gasteiger partial charge is 0 e. The van der Waals surface area contributed by atoms with Crippen LogP contribution in [-0.4, -0.2) is 0 Å². The number of rotatable bonds is 0. The summed E-state index contributed by atoms with van der Waals surface area (Å²) in [7, 11) is 0. The second-order valence-corrected chi connectivity index (χ2v) is 8.62. The molecule has 74 valence electrons. The Morgan fingerprint density at radius 2 is 1.00 bits per heavy atom. The zero-order valence-corrected chi connectivity index (χ0v) is 15.2. The molecule has 0 saturated heterocycles. The number of hydrogen-bond acceptors (Lipinski definition) is 0. The maximum atomic E-state index is 4.95. The molecule has 0 fully saturated rings. The van der Waals surface area contributed by atoms with Crippen molar-refractivity contribution in [2.24, 2.45) is 0 Å². The minimum atomic E-state index is -1.79. The summed E-state index contributed by atoms with van der Waals surface area (Å²) in [6.07, 6.45) is 14.9. The molecule has 0 unspecified atom stereocenters. The third-order valence-corrected chi connectivity index (χ3v) is 0. The summed E-state index contributed by atoms with van der Waals surface area (Å²) in [5.74, 6) is 0. The minimum absolute atomic E-state index is 0. The molecular weight excluding hydrogens is 869 g/mol. The average molecular weight is 869 g/mol. The van der Waals surface area contributed by atoms with Crippen LogP contribution < -0.4 is 0 Å². The Hall–Kier alpha value is 7.23. The standard InChI is InChI=1S/3ClH.Er.Ho.Tm.Y.Yb/h3*1H;;;;;/q;;;;+3;;;/p-3. The van der Waals surface area contributed by atoms with Gasteiger partial charge in [0, 0.05) is 154 Å². The minimum Gasteiger partial charge on any atom is 0 e. The first-order valence-corrected chi connectivity index (χ1v) is 7.61. The summed E-state index contributed by atoms with van der Waals surface area (Å²) in [5.41, 5.74) is 0. The van der Waals surface area contributed by atoms with Crippen LogP contribution in [0.2, 0.25) is 0 Å². The van der Waals surface area contributed by atoms with E-state index in [9.17, 15) is 0 Å². The molecule has 0 bridgehead atoms. The zero-order chi connectivity index (χ0) is 3.58. The van der Waals surface area contributed by atoms with Gasteiger partial charge in [-0.15, -0.1) is 0 Å². The van der Waals surface area contributed by atoms with E-state index in [4.69, 9.17) is 19.2 Å². The van der Waals surface area contributed by atoms with Crippen LogP contribution in [0, 0.1) is 148 Å². The van der Waals surface area contributed by atoms with E-state index in [1.807, 2.05) is 0 Å². The first-order valence-electron chi connectivity index (χ1n) is 0.342. The number of halogens is 3. The van der Waals surface area contributed by atoms with Crippen LogP contribution in [0.4, 0.5) is 0 Å². The zero-order valence-electron chi connectivity index (χ0n) is 2.85. The van der Waals surface area contributed by atoms with Crippen LogP contribution >= 0.6 is 19.2 Å². The van der Waals surface area contributed by atoms with Crippen LogP contribution in [0.25, 0.3) is 0 Å². The van der Waals surface area contributed by atoms with Crippen LogP contribution in [0.1, 0.15) is 0 Å². The smallest absolute Gasteiger partial charge is 0 e. The van der Waals surface area contributed by atoms with Crippen molar-refractivity contribution in [2.45, 2.75) is 0 Å². The maximum Gasteiger partial charge on any atom is 0 e. The summed E-state index contributed by atoms with van der Waals surface area (Å²) in [6.45, 7) is 0. The first-order chi connectivity index (χ1) is 1.73. The van der Waals surface area contributed by atoms with Crippen molar-refractivity contribution in [3.63, 3.8) is 0 Å². The quantitative estimate of drug-likeness (QED) is 0.328. The van der Waals surface area contributed by atoms with Crippen molar-refractivity contribution in [3.8, 4) is 0 Å². The third kappa shape index (κ3) is 37.9. The second-order valence-electron chi connectivity index (χ2n) is 0.129. The molecule has 0 aromatic carbocycles. The monoisotopic (exact) mass is 868 g/mol. The van der Waals surface area contributed by atoms with Gasteiger partial charge in [-0.2, -0.15) is 0 Å². The molecule has 2 radical (unpaired) electrons. The molecule has 0 aliphatic rings. The average Bonchev–Trinajstić information content (AvgIpc) is 0.811. The molecule has 0 atom stereocenters. The Labute approximate surface area is 193 Å². The van der Waals surface area contributed by atoms with Crippen molar-refractivity contribution in [1.29, 1.82) is 0 Å². The maximum absolute atomic E-state index is 4.95. The van der Waals surface area contributed by atoms with Gasteiger partial charge in [-0.1, -0.05) is 0 Å². The van der Waals surface area contributed by atoms with Crippen molar-refractivity contribution < 1.29 is 181 Å². The van der Waals surface area contributed by atoms with Gasteiger partial charge in [-0.25, -0.2) is 0 Å². The summed E-state index contributed by atoms with van der Waals surface area (Å²) in [4.78, 5) is 0.